The lowest BCUT2D eigenvalue weighted by molar-refractivity contribution is -0.936. The lowest BCUT2D eigenvalue weighted by atomic mass is 10.1. The van der Waals surface area contributed by atoms with Gasteiger partial charge in [-0.3, -0.25) is 14.3 Å². The van der Waals surface area contributed by atoms with Gasteiger partial charge in [0.2, 0.25) is 0 Å². The SMILES string of the molecule is O=c1[nH]c(=S)n(-c2ccc(Cl)cc2)c2c1C[NH+](C1CCCC1)CN2. The monoisotopic (exact) mass is 363 g/mol. The summed E-state index contributed by atoms with van der Waals surface area (Å²) in [4.78, 5) is 16.7. The number of nitrogens with zero attached hydrogens (tertiary/aromatic N) is 1. The Morgan fingerprint density at radius 3 is 2.62 bits per heavy atom. The second-order valence-electron chi connectivity index (χ2n) is 6.57. The molecule has 1 fully saturated rings. The van der Waals surface area contributed by atoms with Gasteiger partial charge in [-0.05, 0) is 62.2 Å². The molecule has 1 unspecified atom stereocenters. The number of halogens is 1. The van der Waals surface area contributed by atoms with Crippen LogP contribution in [0, 0.1) is 4.77 Å². The number of quaternary nitrogens is 1. The van der Waals surface area contributed by atoms with Crippen LogP contribution in [0.3, 0.4) is 0 Å². The lowest BCUT2D eigenvalue weighted by Gasteiger charge is -2.32. The van der Waals surface area contributed by atoms with E-state index in [9.17, 15) is 4.79 Å². The van der Waals surface area contributed by atoms with Gasteiger partial charge in [0, 0.05) is 10.7 Å². The normalized spacial score (nSPS) is 20.6. The molecule has 2 aliphatic rings. The third kappa shape index (κ3) is 2.79. The molecular formula is C17H20ClN4OS+. The van der Waals surface area contributed by atoms with Gasteiger partial charge in [0.05, 0.1) is 6.04 Å². The van der Waals surface area contributed by atoms with Gasteiger partial charge >= 0.3 is 0 Å². The van der Waals surface area contributed by atoms with Crippen molar-refractivity contribution < 1.29 is 4.90 Å². The Kier molecular flexibility index (Phi) is 4.20. The topological polar surface area (TPSA) is 54.3 Å². The average Bonchev–Trinajstić information content (AvgIpc) is 3.11. The fraction of sp³-hybridized carbons (Fsp3) is 0.412. The zero-order valence-electron chi connectivity index (χ0n) is 13.3. The third-order valence-electron chi connectivity index (χ3n) is 5.11. The highest BCUT2D eigenvalue weighted by Gasteiger charge is 2.32. The van der Waals surface area contributed by atoms with Crippen LogP contribution in [0.2, 0.25) is 5.02 Å². The van der Waals surface area contributed by atoms with E-state index in [1.807, 2.05) is 28.8 Å². The number of aromatic amines is 1. The molecule has 0 bridgehead atoms. The van der Waals surface area contributed by atoms with Crippen LogP contribution in [0.1, 0.15) is 31.2 Å². The molecule has 126 valence electrons. The minimum absolute atomic E-state index is 0.0806. The maximum absolute atomic E-state index is 12.5. The first kappa shape index (κ1) is 15.9. The number of benzene rings is 1. The van der Waals surface area contributed by atoms with E-state index in [2.05, 4.69) is 10.3 Å². The Balaban J connectivity index is 1.78. The molecule has 2 heterocycles. The summed E-state index contributed by atoms with van der Waals surface area (Å²) in [5, 5.41) is 4.13. The molecule has 0 saturated heterocycles. The predicted octanol–water partition coefficient (Wildman–Crippen LogP) is 2.26. The van der Waals surface area contributed by atoms with Crippen LogP contribution in [0.5, 0.6) is 0 Å². The Morgan fingerprint density at radius 1 is 1.21 bits per heavy atom. The fourth-order valence-corrected chi connectivity index (χ4v) is 4.28. The molecule has 0 amide bonds. The molecule has 1 aromatic carbocycles. The maximum atomic E-state index is 12.5. The molecule has 1 atom stereocenters. The van der Waals surface area contributed by atoms with Gasteiger partial charge in [0.1, 0.15) is 17.9 Å². The second kappa shape index (κ2) is 6.35. The number of H-pyrrole nitrogens is 1. The Bertz CT molecular complexity index is 868. The Morgan fingerprint density at radius 2 is 1.92 bits per heavy atom. The van der Waals surface area contributed by atoms with Crippen molar-refractivity contribution in [3.8, 4) is 5.69 Å². The van der Waals surface area contributed by atoms with Crippen molar-refractivity contribution in [2.75, 3.05) is 12.0 Å². The van der Waals surface area contributed by atoms with Gasteiger partial charge in [-0.2, -0.15) is 0 Å². The van der Waals surface area contributed by atoms with Crippen molar-refractivity contribution in [3.05, 3.63) is 50.0 Å². The van der Waals surface area contributed by atoms with E-state index >= 15 is 0 Å². The molecule has 4 rings (SSSR count). The van der Waals surface area contributed by atoms with Crippen molar-refractivity contribution in [1.82, 2.24) is 9.55 Å². The maximum Gasteiger partial charge on any atom is 0.262 e. The summed E-state index contributed by atoms with van der Waals surface area (Å²) < 4.78 is 2.30. The number of hydrogen-bond donors (Lipinski definition) is 3. The fourth-order valence-electron chi connectivity index (χ4n) is 3.87. The summed E-state index contributed by atoms with van der Waals surface area (Å²) in [5.74, 6) is 0.813. The molecule has 5 nitrogen and oxygen atoms in total. The Hall–Kier alpha value is -1.63. The van der Waals surface area contributed by atoms with E-state index in [1.165, 1.54) is 30.6 Å². The first-order chi connectivity index (χ1) is 11.6. The molecule has 24 heavy (non-hydrogen) atoms. The van der Waals surface area contributed by atoms with Crippen LogP contribution in [0.4, 0.5) is 5.82 Å². The van der Waals surface area contributed by atoms with Crippen molar-refractivity contribution in [3.63, 3.8) is 0 Å². The van der Waals surface area contributed by atoms with E-state index in [4.69, 9.17) is 23.8 Å². The van der Waals surface area contributed by atoms with Crippen molar-refractivity contribution >= 4 is 29.6 Å². The molecule has 1 aliphatic carbocycles. The van der Waals surface area contributed by atoms with Crippen LogP contribution in [-0.4, -0.2) is 22.3 Å². The highest BCUT2D eigenvalue weighted by molar-refractivity contribution is 7.71. The molecule has 0 spiro atoms. The van der Waals surface area contributed by atoms with E-state index in [1.54, 1.807) is 0 Å². The molecule has 1 saturated carbocycles. The number of fused-ring (bicyclic) bond motifs is 1. The molecule has 2 aromatic rings. The number of rotatable bonds is 2. The zero-order chi connectivity index (χ0) is 16.7. The first-order valence-corrected chi connectivity index (χ1v) is 9.15. The smallest absolute Gasteiger partial charge is 0.262 e. The summed E-state index contributed by atoms with van der Waals surface area (Å²) in [6.45, 7) is 1.56. The minimum atomic E-state index is -0.0806. The van der Waals surface area contributed by atoms with E-state index in [0.717, 1.165) is 30.3 Å². The minimum Gasteiger partial charge on any atom is -0.324 e. The first-order valence-electron chi connectivity index (χ1n) is 8.36. The second-order valence-corrected chi connectivity index (χ2v) is 7.39. The van der Waals surface area contributed by atoms with Gasteiger partial charge in [0.25, 0.3) is 5.56 Å². The van der Waals surface area contributed by atoms with Gasteiger partial charge in [-0.15, -0.1) is 0 Å². The highest BCUT2D eigenvalue weighted by atomic mass is 35.5. The molecular weight excluding hydrogens is 344 g/mol. The zero-order valence-corrected chi connectivity index (χ0v) is 14.8. The summed E-state index contributed by atoms with van der Waals surface area (Å²) in [6.07, 6.45) is 5.10. The van der Waals surface area contributed by atoms with Gasteiger partial charge in [-0.1, -0.05) is 11.6 Å². The molecule has 1 aromatic heterocycles. The van der Waals surface area contributed by atoms with Gasteiger partial charge < -0.3 is 10.2 Å². The average molecular weight is 364 g/mol. The van der Waals surface area contributed by atoms with E-state index in [-0.39, 0.29) is 5.56 Å². The molecule has 0 radical (unpaired) electrons. The van der Waals surface area contributed by atoms with Crippen LogP contribution < -0.4 is 15.8 Å². The van der Waals surface area contributed by atoms with Crippen molar-refractivity contribution in [2.45, 2.75) is 38.3 Å². The number of aromatic nitrogens is 2. The number of nitrogens with one attached hydrogen (secondary N) is 3. The largest absolute Gasteiger partial charge is 0.324 e. The number of hydrogen-bond acceptors (Lipinski definition) is 3. The standard InChI is InChI=1S/C17H19ClN4OS/c18-11-5-7-13(8-6-11)22-15-14(16(23)20-17(22)24)9-21(10-19-15)12-3-1-2-4-12/h5-8,12,19H,1-4,9-10H2,(H,20,23,24)/p+1. The molecule has 7 heteroatoms. The van der Waals surface area contributed by atoms with Crippen molar-refractivity contribution in [2.24, 2.45) is 0 Å². The third-order valence-corrected chi connectivity index (χ3v) is 5.65. The Labute approximate surface area is 150 Å². The molecule has 3 N–H and O–H groups in total. The highest BCUT2D eigenvalue weighted by Crippen LogP contribution is 2.22. The number of anilines is 1. The summed E-state index contributed by atoms with van der Waals surface area (Å²) >= 11 is 11.4. The summed E-state index contributed by atoms with van der Waals surface area (Å²) in [5.41, 5.74) is 1.60. The van der Waals surface area contributed by atoms with Crippen LogP contribution in [-0.2, 0) is 6.54 Å². The lowest BCUT2D eigenvalue weighted by Crippen LogP contribution is -3.16. The van der Waals surface area contributed by atoms with E-state index in [0.29, 0.717) is 15.8 Å². The molecule has 1 aliphatic heterocycles. The van der Waals surface area contributed by atoms with Gasteiger partial charge in [0.15, 0.2) is 11.4 Å². The van der Waals surface area contributed by atoms with Crippen LogP contribution in [0.25, 0.3) is 5.69 Å². The van der Waals surface area contributed by atoms with Crippen LogP contribution >= 0.6 is 23.8 Å². The predicted molar refractivity (Wildman–Crippen MR) is 97.6 cm³/mol. The van der Waals surface area contributed by atoms with Crippen molar-refractivity contribution in [1.29, 1.82) is 0 Å². The van der Waals surface area contributed by atoms with Gasteiger partial charge in [-0.25, -0.2) is 0 Å². The summed E-state index contributed by atoms with van der Waals surface area (Å²) in [6, 6.07) is 8.13. The quantitative estimate of drug-likeness (QED) is 0.717. The van der Waals surface area contributed by atoms with Crippen LogP contribution in [0.15, 0.2) is 29.1 Å². The van der Waals surface area contributed by atoms with E-state index < -0.39 is 0 Å². The summed E-state index contributed by atoms with van der Waals surface area (Å²) in [7, 11) is 0.